The molecule has 23 heavy (non-hydrogen) atoms. The Morgan fingerprint density at radius 3 is 2.74 bits per heavy atom. The zero-order chi connectivity index (χ0) is 16.4. The average molecular weight is 645 g/mol. The van der Waals surface area contributed by atoms with Gasteiger partial charge in [0.15, 0.2) is 5.69 Å². The fourth-order valence-electron chi connectivity index (χ4n) is 2.24. The number of aliphatic imine (C=N–C) groups is 1. The maximum atomic E-state index is 12.3. The van der Waals surface area contributed by atoms with Gasteiger partial charge in [0, 0.05) is 16.8 Å². The number of hydrogen-bond donors (Lipinski definition) is 1. The maximum Gasteiger partial charge on any atom is 0.339 e. The van der Waals surface area contributed by atoms with Crippen LogP contribution in [0.25, 0.3) is 0 Å². The van der Waals surface area contributed by atoms with Crippen molar-refractivity contribution in [3.8, 4) is 0 Å². The molecular weight excluding hydrogens is 633 g/mol. The highest BCUT2D eigenvalue weighted by Crippen LogP contribution is 2.24. The molecule has 0 aromatic heterocycles. The lowest BCUT2D eigenvalue weighted by Gasteiger charge is -2.08. The van der Waals surface area contributed by atoms with Crippen molar-refractivity contribution in [1.82, 2.24) is 0 Å². The molecule has 1 aliphatic heterocycles. The number of halogens is 3. The molecule has 2 N–H and O–H groups in total. The van der Waals surface area contributed by atoms with Crippen molar-refractivity contribution in [2.75, 3.05) is 6.61 Å². The van der Waals surface area contributed by atoms with E-state index < -0.39 is 0 Å². The van der Waals surface area contributed by atoms with Crippen molar-refractivity contribution in [3.05, 3.63) is 52.7 Å². The Kier molecular flexibility index (Phi) is 5.91. The van der Waals surface area contributed by atoms with Crippen LogP contribution < -0.4 is 5.32 Å². The normalized spacial score (nSPS) is 12.7. The molecule has 0 fully saturated rings. The number of nitrogens with two attached hydrogens (primary N) is 1. The molecule has 4 nitrogen and oxygen atoms in total. The van der Waals surface area contributed by atoms with E-state index in [2.05, 4.69) is 72.8 Å². The van der Waals surface area contributed by atoms with Crippen LogP contribution in [0.3, 0.4) is 0 Å². The molecule has 0 aliphatic carbocycles. The summed E-state index contributed by atoms with van der Waals surface area (Å²) < 4.78 is 8.46. The van der Waals surface area contributed by atoms with E-state index in [1.54, 1.807) is 0 Å². The van der Waals surface area contributed by atoms with Gasteiger partial charge in [0.25, 0.3) is 0 Å². The Morgan fingerprint density at radius 1 is 1.17 bits per heavy atom. The van der Waals surface area contributed by atoms with Crippen molar-refractivity contribution in [2.45, 2.75) is 6.42 Å². The van der Waals surface area contributed by atoms with Gasteiger partial charge in [0.05, 0.1) is 12.0 Å². The second-order valence-electron chi connectivity index (χ2n) is 4.94. The highest BCUT2D eigenvalue weighted by atomic mass is 127. The predicted octanol–water partition coefficient (Wildman–Crippen LogP) is 3.99. The Bertz CT molecular complexity index is 806. The number of quaternary nitrogens is 1. The van der Waals surface area contributed by atoms with E-state index in [4.69, 9.17) is 4.74 Å². The van der Waals surface area contributed by atoms with E-state index in [-0.39, 0.29) is 5.97 Å². The van der Waals surface area contributed by atoms with Crippen LogP contribution in [0.4, 0.5) is 11.4 Å². The molecule has 0 atom stereocenters. The first-order chi connectivity index (χ1) is 11.0. The van der Waals surface area contributed by atoms with E-state index >= 15 is 0 Å². The fraction of sp³-hybridized carbons (Fsp3) is 0.125. The SMILES string of the molecule is O=C(OCCC1=Nc2ccccc2[NH2+]1)c1cc(I)cc(I)c1I. The number of carbonyl (C=O) groups is 1. The summed E-state index contributed by atoms with van der Waals surface area (Å²) in [5.41, 5.74) is 2.73. The minimum absolute atomic E-state index is 0.276. The monoisotopic (exact) mass is 645 g/mol. The summed E-state index contributed by atoms with van der Waals surface area (Å²) in [5.74, 6) is 0.674. The minimum Gasteiger partial charge on any atom is -0.461 e. The van der Waals surface area contributed by atoms with Crippen molar-refractivity contribution in [1.29, 1.82) is 0 Å². The van der Waals surface area contributed by atoms with Crippen LogP contribution >= 0.6 is 67.8 Å². The summed E-state index contributed by atoms with van der Waals surface area (Å²) in [6.07, 6.45) is 0.623. The standard InChI is InChI=1S/C16H11I3N2O2/c17-9-7-10(15(19)11(18)8-9)16(22)23-6-5-14-20-12-3-1-2-4-13(12)21-14/h1-4,7-8H,5-6H2,(H,20,21)/p+1. The summed E-state index contributed by atoms with van der Waals surface area (Å²) in [5, 5.41) is 2.04. The number of carbonyl (C=O) groups excluding carboxylic acids is 1. The van der Waals surface area contributed by atoms with Crippen molar-refractivity contribution < 1.29 is 14.8 Å². The van der Waals surface area contributed by atoms with Crippen LogP contribution in [0.15, 0.2) is 41.4 Å². The Hall–Kier alpha value is -0.270. The highest BCUT2D eigenvalue weighted by molar-refractivity contribution is 14.1. The summed E-state index contributed by atoms with van der Waals surface area (Å²) in [4.78, 5) is 16.8. The number of para-hydroxylation sites is 2. The largest absolute Gasteiger partial charge is 0.461 e. The van der Waals surface area contributed by atoms with Crippen molar-refractivity contribution in [3.63, 3.8) is 0 Å². The summed E-state index contributed by atoms with van der Waals surface area (Å²) in [7, 11) is 0. The first-order valence-electron chi connectivity index (χ1n) is 6.87. The number of fused-ring (bicyclic) bond motifs is 1. The average Bonchev–Trinajstić information content (AvgIpc) is 2.93. The first-order valence-corrected chi connectivity index (χ1v) is 10.1. The van der Waals surface area contributed by atoms with Gasteiger partial charge < -0.3 is 4.74 Å². The van der Waals surface area contributed by atoms with Gasteiger partial charge in [-0.25, -0.2) is 4.79 Å². The minimum atomic E-state index is -0.276. The molecule has 0 radical (unpaired) electrons. The number of nitrogens with zero attached hydrogens (tertiary/aromatic N) is 1. The predicted molar refractivity (Wildman–Crippen MR) is 115 cm³/mol. The van der Waals surface area contributed by atoms with Crippen molar-refractivity contribution >= 4 is 91.0 Å². The van der Waals surface area contributed by atoms with E-state index in [1.807, 2.05) is 41.7 Å². The molecule has 7 heteroatoms. The summed E-state index contributed by atoms with van der Waals surface area (Å²) in [6, 6.07) is 11.9. The smallest absolute Gasteiger partial charge is 0.339 e. The number of amidine groups is 1. The fourth-order valence-corrected chi connectivity index (χ4v) is 4.61. The Morgan fingerprint density at radius 2 is 1.96 bits per heavy atom. The molecule has 118 valence electrons. The molecular formula is C16H12I3N2O2+. The van der Waals surface area contributed by atoms with E-state index in [1.165, 1.54) is 0 Å². The number of esters is 1. The van der Waals surface area contributed by atoms with Gasteiger partial charge in [-0.2, -0.15) is 4.99 Å². The van der Waals surface area contributed by atoms with Crippen LogP contribution in [0.5, 0.6) is 0 Å². The second-order valence-corrected chi connectivity index (χ2v) is 8.43. The molecule has 0 unspecified atom stereocenters. The summed E-state index contributed by atoms with van der Waals surface area (Å²) >= 11 is 6.63. The van der Waals surface area contributed by atoms with Crippen LogP contribution in [-0.2, 0) is 4.74 Å². The quantitative estimate of drug-likeness (QED) is 0.237. The zero-order valence-electron chi connectivity index (χ0n) is 11.9. The molecule has 0 bridgehead atoms. The lowest BCUT2D eigenvalue weighted by atomic mass is 10.2. The van der Waals surface area contributed by atoms with E-state index in [0.717, 1.165) is 27.9 Å². The Balaban J connectivity index is 1.59. The molecule has 3 rings (SSSR count). The van der Waals surface area contributed by atoms with Gasteiger partial charge in [-0.05, 0) is 86.0 Å². The van der Waals surface area contributed by atoms with Crippen LogP contribution in [0.1, 0.15) is 16.8 Å². The van der Waals surface area contributed by atoms with Gasteiger partial charge in [-0.1, -0.05) is 12.1 Å². The third-order valence-electron chi connectivity index (χ3n) is 3.33. The molecule has 0 amide bonds. The lowest BCUT2D eigenvalue weighted by Crippen LogP contribution is -2.80. The van der Waals surface area contributed by atoms with Crippen LogP contribution in [0.2, 0.25) is 0 Å². The Labute approximate surface area is 174 Å². The van der Waals surface area contributed by atoms with Gasteiger partial charge in [0.1, 0.15) is 12.3 Å². The molecule has 1 heterocycles. The van der Waals surface area contributed by atoms with E-state index in [9.17, 15) is 4.79 Å². The number of benzene rings is 2. The molecule has 1 aliphatic rings. The highest BCUT2D eigenvalue weighted by Gasteiger charge is 2.20. The topological polar surface area (TPSA) is 55.3 Å². The van der Waals surface area contributed by atoms with Gasteiger partial charge in [-0.3, -0.25) is 5.32 Å². The molecule has 0 saturated heterocycles. The first kappa shape index (κ1) is 17.5. The van der Waals surface area contributed by atoms with Gasteiger partial charge >= 0.3 is 5.97 Å². The van der Waals surface area contributed by atoms with Crippen molar-refractivity contribution in [2.24, 2.45) is 4.99 Å². The maximum absolute atomic E-state index is 12.3. The van der Waals surface area contributed by atoms with Gasteiger partial charge in [0.2, 0.25) is 5.84 Å². The third-order valence-corrected chi connectivity index (χ3v) is 7.00. The van der Waals surface area contributed by atoms with Crippen LogP contribution in [0, 0.1) is 10.7 Å². The second kappa shape index (κ2) is 7.74. The number of ether oxygens (including phenoxy) is 1. The molecule has 2 aromatic carbocycles. The zero-order valence-corrected chi connectivity index (χ0v) is 18.3. The van der Waals surface area contributed by atoms with Crippen LogP contribution in [-0.4, -0.2) is 18.4 Å². The molecule has 0 saturated carbocycles. The number of hydrogen-bond acceptors (Lipinski definition) is 3. The lowest BCUT2D eigenvalue weighted by molar-refractivity contribution is -0.441. The van der Waals surface area contributed by atoms with E-state index in [0.29, 0.717) is 18.6 Å². The third kappa shape index (κ3) is 4.23. The molecule has 2 aromatic rings. The number of rotatable bonds is 4. The summed E-state index contributed by atoms with van der Waals surface area (Å²) in [6.45, 7) is 0.334. The van der Waals surface area contributed by atoms with Gasteiger partial charge in [-0.15, -0.1) is 0 Å². The molecule has 0 spiro atoms.